The van der Waals surface area contributed by atoms with E-state index in [1.165, 1.54) is 47.5 Å². The Morgan fingerprint density at radius 2 is 1.02 bits per heavy atom. The number of fused-ring (bicyclic) bond motifs is 10. The van der Waals surface area contributed by atoms with Crippen molar-refractivity contribution in [3.05, 3.63) is 164 Å². The molecule has 0 spiro atoms. The summed E-state index contributed by atoms with van der Waals surface area (Å²) in [6.07, 6.45) is 0. The van der Waals surface area contributed by atoms with Crippen molar-refractivity contribution < 1.29 is 4.42 Å². The fourth-order valence-electron chi connectivity index (χ4n) is 7.15. The summed E-state index contributed by atoms with van der Waals surface area (Å²) in [4.78, 5) is 2.35. The van der Waals surface area contributed by atoms with Crippen molar-refractivity contribution in [3.8, 4) is 11.1 Å². The average molecular weight is 618 g/mol. The third-order valence-corrected chi connectivity index (χ3v) is 10.6. The van der Waals surface area contributed by atoms with Crippen LogP contribution in [0.4, 0.5) is 17.1 Å². The first-order chi connectivity index (χ1) is 23.3. The minimum Gasteiger partial charge on any atom is -0.455 e. The van der Waals surface area contributed by atoms with Crippen LogP contribution in [0.3, 0.4) is 0 Å². The quantitative estimate of drug-likeness (QED) is 0.195. The summed E-state index contributed by atoms with van der Waals surface area (Å²) in [5.41, 5.74) is 7.68. The van der Waals surface area contributed by atoms with Gasteiger partial charge in [0.25, 0.3) is 0 Å². The van der Waals surface area contributed by atoms with E-state index in [0.29, 0.717) is 0 Å². The molecule has 8 aromatic carbocycles. The summed E-state index contributed by atoms with van der Waals surface area (Å²) in [6, 6.07) is 59.0. The molecule has 3 heteroatoms. The second-order valence-corrected chi connectivity index (χ2v) is 13.2. The van der Waals surface area contributed by atoms with Crippen LogP contribution in [0.15, 0.2) is 168 Å². The van der Waals surface area contributed by atoms with Crippen LogP contribution < -0.4 is 4.90 Å². The summed E-state index contributed by atoms with van der Waals surface area (Å²) in [5.74, 6) is 0. The zero-order valence-electron chi connectivity index (χ0n) is 25.4. The van der Waals surface area contributed by atoms with Gasteiger partial charge in [0, 0.05) is 53.4 Å². The zero-order chi connectivity index (χ0) is 30.9. The molecule has 2 nitrogen and oxygen atoms in total. The van der Waals surface area contributed by atoms with E-state index in [4.69, 9.17) is 4.42 Å². The molecule has 0 saturated heterocycles. The number of hydrogen-bond acceptors (Lipinski definition) is 3. The van der Waals surface area contributed by atoms with Gasteiger partial charge in [-0.2, -0.15) is 0 Å². The number of benzene rings is 8. The number of anilines is 3. The van der Waals surface area contributed by atoms with Crippen LogP contribution in [0, 0.1) is 0 Å². The maximum atomic E-state index is 6.79. The van der Waals surface area contributed by atoms with Crippen LogP contribution in [0.2, 0.25) is 0 Å². The Kier molecular flexibility index (Phi) is 5.78. The Hall–Kier alpha value is -5.90. The molecule has 0 bridgehead atoms. The van der Waals surface area contributed by atoms with E-state index in [0.717, 1.165) is 44.4 Å². The normalized spacial score (nSPS) is 11.8. The Labute approximate surface area is 275 Å². The lowest BCUT2D eigenvalue weighted by atomic mass is 10.0. The van der Waals surface area contributed by atoms with E-state index in [1.807, 2.05) is 11.3 Å². The number of furan rings is 1. The van der Waals surface area contributed by atoms with Crippen molar-refractivity contribution in [2.45, 2.75) is 0 Å². The third kappa shape index (κ3) is 4.17. The second-order valence-electron chi connectivity index (χ2n) is 12.1. The molecule has 0 fully saturated rings. The molecule has 47 heavy (non-hydrogen) atoms. The minimum atomic E-state index is 0.957. The third-order valence-electron chi connectivity index (χ3n) is 9.43. The van der Waals surface area contributed by atoms with Crippen molar-refractivity contribution in [1.82, 2.24) is 0 Å². The summed E-state index contributed by atoms with van der Waals surface area (Å²) in [5, 5.41) is 9.57. The van der Waals surface area contributed by atoms with Gasteiger partial charge in [-0.1, -0.05) is 97.1 Å². The highest BCUT2D eigenvalue weighted by atomic mass is 32.1. The van der Waals surface area contributed by atoms with Crippen molar-refractivity contribution in [3.63, 3.8) is 0 Å². The highest BCUT2D eigenvalue weighted by Gasteiger charge is 2.19. The molecule has 0 aliphatic rings. The molecule has 0 amide bonds. The molecule has 0 aliphatic heterocycles. The van der Waals surface area contributed by atoms with Gasteiger partial charge in [-0.25, -0.2) is 0 Å². The maximum Gasteiger partial charge on any atom is 0.144 e. The van der Waals surface area contributed by atoms with Crippen LogP contribution in [0.25, 0.3) is 74.8 Å². The Morgan fingerprint density at radius 3 is 1.89 bits per heavy atom. The SMILES string of the molecule is c1ccc(N(c2ccc(-c3ccc4ccccc4c3)cc2)c2ccc3sc4ccc5c6ccc7ccccc7c6oc5c4c3c2)cc1. The summed E-state index contributed by atoms with van der Waals surface area (Å²) in [7, 11) is 0. The van der Waals surface area contributed by atoms with E-state index >= 15 is 0 Å². The standard InChI is InChI=1S/C44H27NOS/c1-2-11-33(12-3-1)45(34-19-16-29(17-20-34)32-15-14-28-8-4-5-10-31(28)26-32)35-21-24-40-39(27-35)42-41(47-40)25-23-38-37-22-18-30-9-6-7-13-36(30)43(37)46-44(38)42/h1-27H. The number of thiophene rings is 1. The summed E-state index contributed by atoms with van der Waals surface area (Å²) in [6.45, 7) is 0. The van der Waals surface area contributed by atoms with Crippen LogP contribution in [-0.4, -0.2) is 0 Å². The molecule has 0 unspecified atom stereocenters. The largest absolute Gasteiger partial charge is 0.455 e. The lowest BCUT2D eigenvalue weighted by Crippen LogP contribution is -2.09. The van der Waals surface area contributed by atoms with Crippen molar-refractivity contribution in [2.24, 2.45) is 0 Å². The van der Waals surface area contributed by atoms with E-state index < -0.39 is 0 Å². The van der Waals surface area contributed by atoms with Gasteiger partial charge in [0.05, 0.1) is 0 Å². The van der Waals surface area contributed by atoms with Crippen molar-refractivity contribution in [1.29, 1.82) is 0 Å². The monoisotopic (exact) mass is 617 g/mol. The second kappa shape index (κ2) is 10.3. The lowest BCUT2D eigenvalue weighted by molar-refractivity contribution is 0.677. The predicted octanol–water partition coefficient (Wildman–Crippen LogP) is 13.4. The number of nitrogens with zero attached hydrogens (tertiary/aromatic N) is 1. The summed E-state index contributed by atoms with van der Waals surface area (Å²) < 4.78 is 9.28. The first-order valence-corrected chi connectivity index (χ1v) is 16.7. The Bertz CT molecular complexity index is 2790. The van der Waals surface area contributed by atoms with Gasteiger partial charge in [0.1, 0.15) is 11.2 Å². The molecule has 0 atom stereocenters. The number of para-hydroxylation sites is 1. The fourth-order valence-corrected chi connectivity index (χ4v) is 8.23. The van der Waals surface area contributed by atoms with Gasteiger partial charge in [0.15, 0.2) is 0 Å². The zero-order valence-corrected chi connectivity index (χ0v) is 26.2. The van der Waals surface area contributed by atoms with E-state index in [-0.39, 0.29) is 0 Å². The van der Waals surface area contributed by atoms with E-state index in [9.17, 15) is 0 Å². The molecule has 2 aromatic heterocycles. The molecule has 0 saturated carbocycles. The minimum absolute atomic E-state index is 0.957. The van der Waals surface area contributed by atoms with Crippen LogP contribution in [-0.2, 0) is 0 Å². The van der Waals surface area contributed by atoms with Gasteiger partial charge in [-0.15, -0.1) is 11.3 Å². The van der Waals surface area contributed by atoms with Gasteiger partial charge in [0.2, 0.25) is 0 Å². The van der Waals surface area contributed by atoms with Crippen LogP contribution in [0.1, 0.15) is 0 Å². The number of rotatable bonds is 4. The molecule has 0 radical (unpaired) electrons. The van der Waals surface area contributed by atoms with Gasteiger partial charge >= 0.3 is 0 Å². The molecule has 0 N–H and O–H groups in total. The fraction of sp³-hybridized carbons (Fsp3) is 0. The lowest BCUT2D eigenvalue weighted by Gasteiger charge is -2.26. The predicted molar refractivity (Wildman–Crippen MR) is 202 cm³/mol. The first kappa shape index (κ1) is 26.3. The smallest absolute Gasteiger partial charge is 0.144 e. The Balaban J connectivity index is 1.14. The van der Waals surface area contributed by atoms with E-state index in [2.05, 4.69) is 169 Å². The molecule has 2 heterocycles. The summed E-state index contributed by atoms with van der Waals surface area (Å²) >= 11 is 1.82. The highest BCUT2D eigenvalue weighted by molar-refractivity contribution is 7.26. The molecular weight excluding hydrogens is 591 g/mol. The van der Waals surface area contributed by atoms with Gasteiger partial charge in [-0.3, -0.25) is 0 Å². The molecule has 10 rings (SSSR count). The van der Waals surface area contributed by atoms with Crippen molar-refractivity contribution >= 4 is 92.1 Å². The topological polar surface area (TPSA) is 16.4 Å². The van der Waals surface area contributed by atoms with Crippen LogP contribution in [0.5, 0.6) is 0 Å². The van der Waals surface area contributed by atoms with Gasteiger partial charge in [-0.05, 0) is 94.0 Å². The van der Waals surface area contributed by atoms with Crippen LogP contribution >= 0.6 is 11.3 Å². The van der Waals surface area contributed by atoms with E-state index in [1.54, 1.807) is 0 Å². The molecule has 10 aromatic rings. The Morgan fingerprint density at radius 1 is 0.383 bits per heavy atom. The maximum absolute atomic E-state index is 6.79. The number of hydrogen-bond donors (Lipinski definition) is 0. The highest BCUT2D eigenvalue weighted by Crippen LogP contribution is 2.45. The molecular formula is C44H27NOS. The van der Waals surface area contributed by atoms with Gasteiger partial charge < -0.3 is 9.32 Å². The first-order valence-electron chi connectivity index (χ1n) is 15.9. The average Bonchev–Trinajstić information content (AvgIpc) is 3.71. The van der Waals surface area contributed by atoms with Crippen molar-refractivity contribution in [2.75, 3.05) is 4.90 Å². The molecule has 220 valence electrons. The molecule has 0 aliphatic carbocycles.